The highest BCUT2D eigenvalue weighted by Crippen LogP contribution is 2.56. The van der Waals surface area contributed by atoms with Crippen molar-refractivity contribution >= 4 is 104 Å². The molecule has 0 saturated carbocycles. The highest BCUT2D eigenvalue weighted by atomic mass is 32.1. The van der Waals surface area contributed by atoms with Crippen LogP contribution in [0.5, 0.6) is 0 Å². The lowest BCUT2D eigenvalue weighted by Gasteiger charge is -2.41. The maximum atomic E-state index is 15.3. The van der Waals surface area contributed by atoms with Gasteiger partial charge in [-0.25, -0.2) is 19.2 Å². The SMILES string of the molecule is O=C1C(=O)c2ccccc2/C1=C/c1cc2c(s1)C1=CC3C=C4OC(C(=O)OCc5ccccc5)(C(=O)OCc5ccccc5)c5cc(/C=C6\C(=O)C(=O)c7ccccc76)sc5C4=CC3C=C1OC2(C(=O)OCc1ccccc1)C(=O)OCc1ccccc1. The number of rotatable bonds is 14. The van der Waals surface area contributed by atoms with E-state index in [0.29, 0.717) is 64.0 Å². The molecule has 0 bridgehead atoms. The minimum Gasteiger partial charge on any atom is -0.459 e. The van der Waals surface area contributed by atoms with Crippen molar-refractivity contribution in [3.05, 3.63) is 293 Å². The number of esters is 4. The second-order valence-electron chi connectivity index (χ2n) is 21.5. The Kier molecular flexibility index (Phi) is 14.0. The molecule has 14 nitrogen and oxygen atoms in total. The highest BCUT2D eigenvalue weighted by Gasteiger charge is 2.62. The van der Waals surface area contributed by atoms with Crippen molar-refractivity contribution in [3.63, 3.8) is 0 Å². The normalized spacial score (nSPS) is 18.7. The number of fused-ring (bicyclic) bond motifs is 9. The first kappa shape index (κ1) is 55.2. The molecule has 430 valence electrons. The van der Waals surface area contributed by atoms with Gasteiger partial charge in [0.25, 0.3) is 0 Å². The Morgan fingerprint density at radius 1 is 0.386 bits per heavy atom. The van der Waals surface area contributed by atoms with Gasteiger partial charge in [-0.2, -0.15) is 0 Å². The lowest BCUT2D eigenvalue weighted by atomic mass is 9.75. The van der Waals surface area contributed by atoms with Crippen molar-refractivity contribution in [1.29, 1.82) is 0 Å². The van der Waals surface area contributed by atoms with Crippen LogP contribution in [0, 0.1) is 11.8 Å². The number of hydrogen-bond acceptors (Lipinski definition) is 16. The zero-order valence-electron chi connectivity index (χ0n) is 46.3. The molecule has 2 aliphatic heterocycles. The van der Waals surface area contributed by atoms with E-state index in [1.54, 1.807) is 182 Å². The number of ketones is 4. The Morgan fingerprint density at radius 2 is 0.682 bits per heavy atom. The molecule has 16 heteroatoms. The number of thiophene rings is 2. The van der Waals surface area contributed by atoms with Crippen LogP contribution in [0.1, 0.15) is 84.7 Å². The molecule has 14 rings (SSSR count). The van der Waals surface area contributed by atoms with E-state index in [1.165, 1.54) is 0 Å². The number of Topliss-reactive ketones (excluding diaryl/α,β-unsaturated/α-hetero) is 4. The average Bonchev–Trinajstić information content (AvgIpc) is 1.42. The fourth-order valence-corrected chi connectivity index (χ4v) is 14.1. The number of carbonyl (C=O) groups excluding carboxylic acids is 8. The summed E-state index contributed by atoms with van der Waals surface area (Å²) in [6.07, 6.45) is 10.4. The van der Waals surface area contributed by atoms with Gasteiger partial charge >= 0.3 is 35.1 Å². The van der Waals surface area contributed by atoms with Gasteiger partial charge in [0.1, 0.15) is 37.9 Å². The average molecular weight is 1200 g/mol. The van der Waals surface area contributed by atoms with Gasteiger partial charge in [0.05, 0.1) is 0 Å². The molecule has 6 aromatic carbocycles. The van der Waals surface area contributed by atoms with Crippen LogP contribution in [0.25, 0.3) is 34.4 Å². The number of hydrogen-bond donors (Lipinski definition) is 0. The summed E-state index contributed by atoms with van der Waals surface area (Å²) in [4.78, 5) is 117. The summed E-state index contributed by atoms with van der Waals surface area (Å²) in [6, 6.07) is 52.1. The van der Waals surface area contributed by atoms with Crippen LogP contribution in [0.2, 0.25) is 0 Å². The molecule has 8 aromatic rings. The molecule has 0 spiro atoms. The van der Waals surface area contributed by atoms with Crippen LogP contribution < -0.4 is 0 Å². The highest BCUT2D eigenvalue weighted by molar-refractivity contribution is 7.15. The summed E-state index contributed by atoms with van der Waals surface area (Å²) in [7, 11) is 0. The third kappa shape index (κ3) is 9.50. The second-order valence-corrected chi connectivity index (χ2v) is 23.7. The van der Waals surface area contributed by atoms with Gasteiger partial charge in [0, 0.05) is 75.9 Å². The summed E-state index contributed by atoms with van der Waals surface area (Å²) in [5, 5.41) is 0. The minimum absolute atomic E-state index is 0.0530. The van der Waals surface area contributed by atoms with E-state index < -0.39 is 70.0 Å². The Labute approximate surface area is 510 Å². The summed E-state index contributed by atoms with van der Waals surface area (Å²) < 4.78 is 38.1. The van der Waals surface area contributed by atoms with Gasteiger partial charge in [-0.15, -0.1) is 22.7 Å². The maximum absolute atomic E-state index is 15.3. The zero-order valence-corrected chi connectivity index (χ0v) is 47.9. The molecule has 0 amide bonds. The Balaban J connectivity index is 0.929. The van der Waals surface area contributed by atoms with Gasteiger partial charge in [0.2, 0.25) is 23.1 Å². The summed E-state index contributed by atoms with van der Waals surface area (Å²) in [5.41, 5.74) is -0.142. The zero-order chi connectivity index (χ0) is 60.3. The number of allylic oxidation sites excluding steroid dienone is 8. The number of benzene rings is 6. The lowest BCUT2D eigenvalue weighted by molar-refractivity contribution is -0.191. The largest absolute Gasteiger partial charge is 0.459 e. The predicted molar refractivity (Wildman–Crippen MR) is 326 cm³/mol. The molecule has 0 saturated heterocycles. The van der Waals surface area contributed by atoms with Crippen LogP contribution >= 0.6 is 22.7 Å². The summed E-state index contributed by atoms with van der Waals surface area (Å²) in [6.45, 7) is -0.974. The summed E-state index contributed by atoms with van der Waals surface area (Å²) >= 11 is 2.30. The quantitative estimate of drug-likeness (QED) is 0.0328. The first-order valence-corrected chi connectivity index (χ1v) is 29.7. The first-order valence-electron chi connectivity index (χ1n) is 28.1. The predicted octanol–water partition coefficient (Wildman–Crippen LogP) is 12.3. The van der Waals surface area contributed by atoms with Gasteiger partial charge in [-0.1, -0.05) is 182 Å². The maximum Gasteiger partial charge on any atom is 0.367 e. The minimum atomic E-state index is -2.60. The molecule has 0 fully saturated rings. The Morgan fingerprint density at radius 3 is 1.00 bits per heavy atom. The Bertz CT molecular complexity index is 4100. The van der Waals surface area contributed by atoms with Crippen LogP contribution in [-0.2, 0) is 94.8 Å². The van der Waals surface area contributed by atoms with Crippen LogP contribution in [0.15, 0.2) is 218 Å². The second kappa shape index (κ2) is 22.3. The van der Waals surface area contributed by atoms with Crippen LogP contribution in [-0.4, -0.2) is 47.0 Å². The molecule has 0 radical (unpaired) electrons. The topological polar surface area (TPSA) is 192 Å². The van der Waals surface area contributed by atoms with E-state index in [4.69, 9.17) is 28.4 Å². The van der Waals surface area contributed by atoms with Crippen molar-refractivity contribution in [2.75, 3.05) is 0 Å². The standard InChI is InChI=1S/C72H46O14S2/c73-61-51-27-15-13-25-49(51)53(63(61)75)33-47-35-57-65(87-47)55-29-46-32-60-56(30-45(46)31-59(55)85-71(57,67(77)81-37-41-17-5-1-6-18-41)68(78)82-38-42-19-7-2-8-20-42)66-58(36-48(88-66)34-54-50-26-14-16-28-52(50)62(74)64(54)76)72(86-60,69(79)83-39-43-21-9-3-10-22-43)70(80)84-40-44-23-11-4-12-24-44/h1-36,45-46H,37-40H2/b53-33-,54-34-. The number of carbonyl (C=O) groups is 8. The molecular weight excluding hydrogens is 1150 g/mol. The van der Waals surface area contributed by atoms with E-state index in [0.717, 1.165) is 22.7 Å². The smallest absolute Gasteiger partial charge is 0.367 e. The van der Waals surface area contributed by atoms with Gasteiger partial charge in [0.15, 0.2) is 0 Å². The Hall–Kier alpha value is -10.7. The van der Waals surface area contributed by atoms with Gasteiger partial charge in [-0.05, 0) is 69.8 Å². The first-order chi connectivity index (χ1) is 42.9. The molecule has 88 heavy (non-hydrogen) atoms. The van der Waals surface area contributed by atoms with Crippen LogP contribution in [0.3, 0.4) is 0 Å². The van der Waals surface area contributed by atoms with E-state index in [9.17, 15) is 19.2 Å². The van der Waals surface area contributed by atoms with Gasteiger partial charge < -0.3 is 28.4 Å². The lowest BCUT2D eigenvalue weighted by Crippen LogP contribution is -2.51. The fourth-order valence-electron chi connectivity index (χ4n) is 11.7. The van der Waals surface area contributed by atoms with E-state index in [1.807, 2.05) is 36.4 Å². The monoisotopic (exact) mass is 1200 g/mol. The van der Waals surface area contributed by atoms with E-state index >= 15 is 19.2 Å². The molecule has 0 N–H and O–H groups in total. The summed E-state index contributed by atoms with van der Waals surface area (Å²) in [5.74, 6) is -8.18. The number of ether oxygens (including phenoxy) is 6. The van der Waals surface area contributed by atoms with Crippen molar-refractivity contribution in [3.8, 4) is 0 Å². The van der Waals surface area contributed by atoms with Crippen molar-refractivity contribution in [2.45, 2.75) is 37.6 Å². The van der Waals surface area contributed by atoms with Crippen molar-refractivity contribution < 1.29 is 66.8 Å². The molecule has 2 aromatic heterocycles. The van der Waals surface area contributed by atoms with E-state index in [2.05, 4.69) is 0 Å². The fraction of sp³-hybridized carbons (Fsp3) is 0.111. The molecule has 6 aliphatic rings. The van der Waals surface area contributed by atoms with Gasteiger partial charge in [-0.3, -0.25) is 19.2 Å². The molecule has 4 aliphatic carbocycles. The van der Waals surface area contributed by atoms with Crippen molar-refractivity contribution in [2.24, 2.45) is 11.8 Å². The molecular formula is C72H46O14S2. The third-order valence-corrected chi connectivity index (χ3v) is 18.3. The molecule has 2 unspecified atom stereocenters. The third-order valence-electron chi connectivity index (χ3n) is 16.1. The van der Waals surface area contributed by atoms with Crippen LogP contribution in [0.4, 0.5) is 0 Å². The van der Waals surface area contributed by atoms with E-state index in [-0.39, 0.29) is 71.3 Å². The van der Waals surface area contributed by atoms with Crippen molar-refractivity contribution in [1.82, 2.24) is 0 Å². The molecule has 4 heterocycles. The molecule has 2 atom stereocenters.